The van der Waals surface area contributed by atoms with Gasteiger partial charge in [0.1, 0.15) is 5.78 Å². The molecule has 0 unspecified atom stereocenters. The largest absolute Gasteiger partial charge is 0.339 e. The van der Waals surface area contributed by atoms with Crippen molar-refractivity contribution in [3.8, 4) is 0 Å². The number of amides is 1. The zero-order valence-corrected chi connectivity index (χ0v) is 17.9. The summed E-state index contributed by atoms with van der Waals surface area (Å²) in [6.45, 7) is 9.83. The molecule has 0 saturated carbocycles. The van der Waals surface area contributed by atoms with Gasteiger partial charge >= 0.3 is 0 Å². The summed E-state index contributed by atoms with van der Waals surface area (Å²) in [5.41, 5.74) is 2.75. The molecule has 0 atom stereocenters. The lowest BCUT2D eigenvalue weighted by molar-refractivity contribution is -0.124. The molecule has 1 aliphatic heterocycles. The lowest BCUT2D eigenvalue weighted by Crippen LogP contribution is -2.46. The number of ketones is 1. The van der Waals surface area contributed by atoms with Crippen molar-refractivity contribution in [1.82, 2.24) is 9.80 Å². The molecule has 4 nitrogen and oxygen atoms in total. The molecule has 3 rings (SSSR count). The fourth-order valence-electron chi connectivity index (χ4n) is 4.40. The van der Waals surface area contributed by atoms with Crippen molar-refractivity contribution in [2.75, 3.05) is 26.2 Å². The number of carbonyl (C=O) groups excluding carboxylic acids is 2. The lowest BCUT2D eigenvalue weighted by Gasteiger charge is -2.40. The van der Waals surface area contributed by atoms with Gasteiger partial charge in [-0.15, -0.1) is 0 Å². The van der Waals surface area contributed by atoms with E-state index in [1.165, 1.54) is 5.56 Å². The zero-order chi connectivity index (χ0) is 20.9. The molecule has 29 heavy (non-hydrogen) atoms. The first kappa shape index (κ1) is 21.3. The van der Waals surface area contributed by atoms with Gasteiger partial charge in [-0.2, -0.15) is 0 Å². The third-order valence-electron chi connectivity index (χ3n) is 6.37. The van der Waals surface area contributed by atoms with Gasteiger partial charge in [-0.1, -0.05) is 42.5 Å². The van der Waals surface area contributed by atoms with Gasteiger partial charge in [0.25, 0.3) is 5.91 Å². The quantitative estimate of drug-likeness (QED) is 0.706. The van der Waals surface area contributed by atoms with Gasteiger partial charge < -0.3 is 4.90 Å². The van der Waals surface area contributed by atoms with E-state index in [1.807, 2.05) is 49.1 Å². The molecule has 1 heterocycles. The van der Waals surface area contributed by atoms with Crippen LogP contribution in [0.4, 0.5) is 0 Å². The maximum absolute atomic E-state index is 12.5. The van der Waals surface area contributed by atoms with Gasteiger partial charge in [-0.3, -0.25) is 14.5 Å². The Morgan fingerprint density at radius 1 is 0.931 bits per heavy atom. The highest BCUT2D eigenvalue weighted by atomic mass is 16.2. The SMILES string of the molecule is CCN(CC)C(=O)c1ccc(CN2CCC(C(C)=O)(c3ccccc3)CC2)cc1. The third-order valence-corrected chi connectivity index (χ3v) is 6.37. The van der Waals surface area contributed by atoms with Gasteiger partial charge in [0.15, 0.2) is 0 Å². The van der Waals surface area contributed by atoms with Crippen LogP contribution in [0.25, 0.3) is 0 Å². The summed E-state index contributed by atoms with van der Waals surface area (Å²) in [5, 5.41) is 0. The molecule has 1 amide bonds. The molecule has 1 saturated heterocycles. The van der Waals surface area contributed by atoms with Crippen LogP contribution in [0.2, 0.25) is 0 Å². The highest BCUT2D eigenvalue weighted by Gasteiger charge is 2.40. The number of rotatable bonds is 7. The lowest BCUT2D eigenvalue weighted by atomic mass is 9.70. The predicted octanol–water partition coefficient (Wildman–Crippen LogP) is 4.29. The number of carbonyl (C=O) groups is 2. The van der Waals surface area contributed by atoms with Crippen molar-refractivity contribution in [3.63, 3.8) is 0 Å². The Balaban J connectivity index is 1.63. The molecule has 1 aliphatic rings. The number of benzene rings is 2. The van der Waals surface area contributed by atoms with E-state index >= 15 is 0 Å². The van der Waals surface area contributed by atoms with Crippen LogP contribution in [-0.4, -0.2) is 47.7 Å². The summed E-state index contributed by atoms with van der Waals surface area (Å²) < 4.78 is 0. The van der Waals surface area contributed by atoms with Crippen LogP contribution < -0.4 is 0 Å². The summed E-state index contributed by atoms with van der Waals surface area (Å²) in [4.78, 5) is 29.2. The Morgan fingerprint density at radius 3 is 2.03 bits per heavy atom. The molecular formula is C25H32N2O2. The van der Waals surface area contributed by atoms with Crippen LogP contribution >= 0.6 is 0 Å². The molecule has 2 aromatic rings. The third kappa shape index (κ3) is 4.59. The first-order valence-electron chi connectivity index (χ1n) is 10.7. The van der Waals surface area contributed by atoms with Crippen molar-refractivity contribution >= 4 is 11.7 Å². The zero-order valence-electron chi connectivity index (χ0n) is 17.9. The predicted molar refractivity (Wildman–Crippen MR) is 117 cm³/mol. The molecule has 0 spiro atoms. The fourth-order valence-corrected chi connectivity index (χ4v) is 4.40. The number of Topliss-reactive ketones (excluding diaryl/α,β-unsaturated/α-hetero) is 1. The molecule has 0 aliphatic carbocycles. The Morgan fingerprint density at radius 2 is 1.52 bits per heavy atom. The topological polar surface area (TPSA) is 40.6 Å². The monoisotopic (exact) mass is 392 g/mol. The van der Waals surface area contributed by atoms with Crippen LogP contribution in [0.1, 0.15) is 55.1 Å². The molecule has 1 fully saturated rings. The molecule has 4 heteroatoms. The smallest absolute Gasteiger partial charge is 0.253 e. The van der Waals surface area contributed by atoms with Gasteiger partial charge in [-0.25, -0.2) is 0 Å². The minimum Gasteiger partial charge on any atom is -0.339 e. The van der Waals surface area contributed by atoms with Crippen LogP contribution in [0.5, 0.6) is 0 Å². The van der Waals surface area contributed by atoms with Gasteiger partial charge in [0.2, 0.25) is 0 Å². The summed E-state index contributed by atoms with van der Waals surface area (Å²) in [5.74, 6) is 0.358. The molecule has 154 valence electrons. The second kappa shape index (κ2) is 9.36. The molecule has 2 aromatic carbocycles. The minimum absolute atomic E-state index is 0.0913. The molecule has 0 bridgehead atoms. The van der Waals surface area contributed by atoms with Gasteiger partial charge in [0.05, 0.1) is 5.41 Å². The number of piperidine rings is 1. The highest BCUT2D eigenvalue weighted by Crippen LogP contribution is 2.36. The van der Waals surface area contributed by atoms with E-state index in [9.17, 15) is 9.59 Å². The normalized spacial score (nSPS) is 16.4. The maximum atomic E-state index is 12.5. The van der Waals surface area contributed by atoms with E-state index in [0.29, 0.717) is 0 Å². The molecular weight excluding hydrogens is 360 g/mol. The van der Waals surface area contributed by atoms with E-state index in [2.05, 4.69) is 29.2 Å². The Kier molecular flexibility index (Phi) is 6.86. The summed E-state index contributed by atoms with van der Waals surface area (Å²) in [6, 6.07) is 18.2. The fraction of sp³-hybridized carbons (Fsp3) is 0.440. The Labute approximate surface area is 174 Å². The van der Waals surface area contributed by atoms with Gasteiger partial charge in [-0.05, 0) is 70.0 Å². The van der Waals surface area contributed by atoms with Crippen molar-refractivity contribution in [3.05, 3.63) is 71.3 Å². The maximum Gasteiger partial charge on any atom is 0.253 e. The summed E-state index contributed by atoms with van der Waals surface area (Å²) in [6.07, 6.45) is 1.70. The number of hydrogen-bond donors (Lipinski definition) is 0. The van der Waals surface area contributed by atoms with Gasteiger partial charge in [0, 0.05) is 25.2 Å². The first-order valence-corrected chi connectivity index (χ1v) is 10.7. The summed E-state index contributed by atoms with van der Waals surface area (Å²) in [7, 11) is 0. The van der Waals surface area contributed by atoms with E-state index < -0.39 is 0 Å². The van der Waals surface area contributed by atoms with Crippen molar-refractivity contribution in [1.29, 1.82) is 0 Å². The van der Waals surface area contributed by atoms with Crippen molar-refractivity contribution in [2.45, 2.75) is 45.6 Å². The highest BCUT2D eigenvalue weighted by molar-refractivity contribution is 5.94. The standard InChI is InChI=1S/C25H32N2O2/c1-4-27(5-2)24(29)22-13-11-21(12-14-22)19-26-17-15-25(16-18-26,20(3)28)23-9-7-6-8-10-23/h6-14H,4-5,15-19H2,1-3H3. The van der Waals surface area contributed by atoms with Crippen LogP contribution in [0.15, 0.2) is 54.6 Å². The molecule has 0 aromatic heterocycles. The van der Waals surface area contributed by atoms with E-state index in [-0.39, 0.29) is 17.1 Å². The number of likely N-dealkylation sites (tertiary alicyclic amines) is 1. The molecule has 0 N–H and O–H groups in total. The summed E-state index contributed by atoms with van der Waals surface area (Å²) >= 11 is 0. The van der Waals surface area contributed by atoms with Crippen LogP contribution in [0.3, 0.4) is 0 Å². The molecule has 0 radical (unpaired) electrons. The number of hydrogen-bond acceptors (Lipinski definition) is 3. The Hall–Kier alpha value is -2.46. The van der Waals surface area contributed by atoms with Crippen LogP contribution in [0, 0.1) is 0 Å². The Bertz CT molecular complexity index is 818. The van der Waals surface area contributed by atoms with Crippen LogP contribution in [-0.2, 0) is 16.8 Å². The van der Waals surface area contributed by atoms with Crippen molar-refractivity contribution < 1.29 is 9.59 Å². The average molecular weight is 393 g/mol. The second-order valence-electron chi connectivity index (χ2n) is 7.95. The van der Waals surface area contributed by atoms with E-state index in [1.54, 1.807) is 6.92 Å². The number of nitrogens with zero attached hydrogens (tertiary/aromatic N) is 2. The van der Waals surface area contributed by atoms with E-state index in [4.69, 9.17) is 0 Å². The first-order chi connectivity index (χ1) is 14.0. The average Bonchev–Trinajstić information content (AvgIpc) is 2.76. The minimum atomic E-state index is -0.349. The van der Waals surface area contributed by atoms with Crippen molar-refractivity contribution in [2.24, 2.45) is 0 Å². The second-order valence-corrected chi connectivity index (χ2v) is 7.95. The van der Waals surface area contributed by atoms with E-state index in [0.717, 1.165) is 56.7 Å².